The lowest BCUT2D eigenvalue weighted by molar-refractivity contribution is 0.349. The quantitative estimate of drug-likeness (QED) is 0.757. The van der Waals surface area contributed by atoms with Gasteiger partial charge in [-0.25, -0.2) is 0 Å². The third-order valence-electron chi connectivity index (χ3n) is 2.07. The van der Waals surface area contributed by atoms with Gasteiger partial charge in [-0.1, -0.05) is 6.92 Å². The van der Waals surface area contributed by atoms with Crippen LogP contribution in [0.5, 0.6) is 11.5 Å². The summed E-state index contributed by atoms with van der Waals surface area (Å²) >= 11 is 0. The van der Waals surface area contributed by atoms with E-state index in [2.05, 4.69) is 0 Å². The number of halogens is 1. The van der Waals surface area contributed by atoms with Gasteiger partial charge in [0, 0.05) is 0 Å². The summed E-state index contributed by atoms with van der Waals surface area (Å²) in [5.74, 6) is -0.288. The molecule has 1 aromatic carbocycles. The standard InChI is InChI=1S/C10H14FNO2/c1-4-6-5-7(12)10(14-3)8(11)9(6)13-2/h5H,4,12H2,1-3H3. The molecule has 78 valence electrons. The molecule has 0 spiro atoms. The Bertz CT molecular complexity index is 339. The van der Waals surface area contributed by atoms with Crippen LogP contribution in [0.25, 0.3) is 0 Å². The van der Waals surface area contributed by atoms with Crippen molar-refractivity contribution in [1.29, 1.82) is 0 Å². The number of rotatable bonds is 3. The van der Waals surface area contributed by atoms with Crippen LogP contribution in [0.2, 0.25) is 0 Å². The SMILES string of the molecule is CCc1cc(N)c(OC)c(F)c1OC. The average Bonchev–Trinajstić information content (AvgIpc) is 2.17. The summed E-state index contributed by atoms with van der Waals surface area (Å²) in [6.45, 7) is 1.91. The van der Waals surface area contributed by atoms with Crippen LogP contribution in [-0.2, 0) is 6.42 Å². The lowest BCUT2D eigenvalue weighted by atomic mass is 10.1. The van der Waals surface area contributed by atoms with Crippen LogP contribution in [0.4, 0.5) is 10.1 Å². The first-order valence-electron chi connectivity index (χ1n) is 4.34. The van der Waals surface area contributed by atoms with Crippen LogP contribution < -0.4 is 15.2 Å². The molecule has 0 heterocycles. The molecule has 0 fully saturated rings. The number of nitrogens with two attached hydrogens (primary N) is 1. The monoisotopic (exact) mass is 199 g/mol. The van der Waals surface area contributed by atoms with Gasteiger partial charge in [-0.15, -0.1) is 0 Å². The molecular formula is C10H14FNO2. The Hall–Kier alpha value is -1.45. The van der Waals surface area contributed by atoms with Crippen LogP contribution in [0, 0.1) is 5.82 Å². The van der Waals surface area contributed by atoms with E-state index in [-0.39, 0.29) is 11.5 Å². The van der Waals surface area contributed by atoms with E-state index < -0.39 is 5.82 Å². The predicted octanol–water partition coefficient (Wildman–Crippen LogP) is 1.99. The van der Waals surface area contributed by atoms with Gasteiger partial charge in [-0.05, 0) is 18.1 Å². The molecule has 2 N–H and O–H groups in total. The largest absolute Gasteiger partial charge is 0.493 e. The van der Waals surface area contributed by atoms with Crippen molar-refractivity contribution in [2.75, 3.05) is 20.0 Å². The highest BCUT2D eigenvalue weighted by Gasteiger charge is 2.17. The molecule has 4 heteroatoms. The minimum absolute atomic E-state index is 0.0408. The van der Waals surface area contributed by atoms with Gasteiger partial charge < -0.3 is 15.2 Å². The second-order valence-electron chi connectivity index (χ2n) is 2.86. The third kappa shape index (κ3) is 1.60. The minimum atomic E-state index is -0.535. The van der Waals surface area contributed by atoms with Gasteiger partial charge in [0.1, 0.15) is 0 Å². The van der Waals surface area contributed by atoms with Gasteiger partial charge >= 0.3 is 0 Å². The van der Waals surface area contributed by atoms with E-state index in [0.717, 1.165) is 5.56 Å². The summed E-state index contributed by atoms with van der Waals surface area (Å²) in [4.78, 5) is 0. The van der Waals surface area contributed by atoms with Crippen molar-refractivity contribution in [2.45, 2.75) is 13.3 Å². The fourth-order valence-corrected chi connectivity index (χ4v) is 1.38. The summed E-state index contributed by atoms with van der Waals surface area (Å²) in [5, 5.41) is 0. The molecule has 0 aromatic heterocycles. The van der Waals surface area contributed by atoms with Crippen molar-refractivity contribution in [2.24, 2.45) is 0 Å². The molecule has 0 aliphatic heterocycles. The Kier molecular flexibility index (Phi) is 3.17. The highest BCUT2D eigenvalue weighted by Crippen LogP contribution is 2.35. The van der Waals surface area contributed by atoms with E-state index in [4.69, 9.17) is 15.2 Å². The number of benzene rings is 1. The molecule has 0 saturated heterocycles. The van der Waals surface area contributed by atoms with E-state index in [1.807, 2.05) is 6.92 Å². The van der Waals surface area contributed by atoms with E-state index >= 15 is 0 Å². The Labute approximate surface area is 82.6 Å². The molecule has 0 saturated carbocycles. The predicted molar refractivity (Wildman–Crippen MR) is 53.3 cm³/mol. The maximum Gasteiger partial charge on any atom is 0.209 e. The molecule has 0 atom stereocenters. The number of nitrogen functional groups attached to an aromatic ring is 1. The second-order valence-corrected chi connectivity index (χ2v) is 2.86. The first-order chi connectivity index (χ1) is 6.65. The fourth-order valence-electron chi connectivity index (χ4n) is 1.38. The highest BCUT2D eigenvalue weighted by atomic mass is 19.1. The number of hydrogen-bond donors (Lipinski definition) is 1. The average molecular weight is 199 g/mol. The normalized spacial score (nSPS) is 10.0. The molecule has 3 nitrogen and oxygen atoms in total. The van der Waals surface area contributed by atoms with E-state index in [0.29, 0.717) is 12.1 Å². The topological polar surface area (TPSA) is 44.5 Å². The fraction of sp³-hybridized carbons (Fsp3) is 0.400. The van der Waals surface area contributed by atoms with Crippen molar-refractivity contribution in [3.05, 3.63) is 17.4 Å². The molecule has 0 aliphatic carbocycles. The number of methoxy groups -OCH3 is 2. The van der Waals surface area contributed by atoms with Crippen LogP contribution in [0.15, 0.2) is 6.07 Å². The summed E-state index contributed by atoms with van der Waals surface area (Å²) in [7, 11) is 2.80. The molecule has 0 bridgehead atoms. The number of aryl methyl sites for hydroxylation is 1. The van der Waals surface area contributed by atoms with Gasteiger partial charge in [0.15, 0.2) is 11.5 Å². The van der Waals surface area contributed by atoms with Crippen LogP contribution >= 0.6 is 0 Å². The summed E-state index contributed by atoms with van der Waals surface area (Å²) in [6, 6.07) is 1.67. The zero-order chi connectivity index (χ0) is 10.7. The van der Waals surface area contributed by atoms with E-state index in [1.165, 1.54) is 14.2 Å². The Balaban J connectivity index is 3.39. The molecule has 1 aromatic rings. The van der Waals surface area contributed by atoms with Gasteiger partial charge in [0.2, 0.25) is 5.82 Å². The second kappa shape index (κ2) is 4.17. The summed E-state index contributed by atoms with van der Waals surface area (Å²) in [5.41, 5.74) is 6.64. The highest BCUT2D eigenvalue weighted by molar-refractivity contribution is 5.60. The number of anilines is 1. The summed E-state index contributed by atoms with van der Waals surface area (Å²) < 4.78 is 23.4. The Morgan fingerprint density at radius 1 is 1.29 bits per heavy atom. The first-order valence-corrected chi connectivity index (χ1v) is 4.34. The van der Waals surface area contributed by atoms with Gasteiger partial charge in [-0.2, -0.15) is 4.39 Å². The smallest absolute Gasteiger partial charge is 0.209 e. The zero-order valence-corrected chi connectivity index (χ0v) is 8.56. The van der Waals surface area contributed by atoms with Crippen molar-refractivity contribution in [1.82, 2.24) is 0 Å². The number of ether oxygens (including phenoxy) is 2. The van der Waals surface area contributed by atoms with Crippen LogP contribution in [-0.4, -0.2) is 14.2 Å². The summed E-state index contributed by atoms with van der Waals surface area (Å²) in [6.07, 6.45) is 0.661. The molecule has 0 unspecified atom stereocenters. The molecule has 0 radical (unpaired) electrons. The van der Waals surface area contributed by atoms with Crippen molar-refractivity contribution in [3.8, 4) is 11.5 Å². The lowest BCUT2D eigenvalue weighted by Gasteiger charge is -2.13. The van der Waals surface area contributed by atoms with Crippen LogP contribution in [0.1, 0.15) is 12.5 Å². The van der Waals surface area contributed by atoms with Crippen molar-refractivity contribution in [3.63, 3.8) is 0 Å². The van der Waals surface area contributed by atoms with Crippen molar-refractivity contribution >= 4 is 5.69 Å². The third-order valence-corrected chi connectivity index (χ3v) is 2.07. The zero-order valence-electron chi connectivity index (χ0n) is 8.56. The number of hydrogen-bond acceptors (Lipinski definition) is 3. The maximum atomic E-state index is 13.7. The van der Waals surface area contributed by atoms with Gasteiger partial charge in [0.05, 0.1) is 19.9 Å². The Morgan fingerprint density at radius 2 is 1.86 bits per heavy atom. The molecule has 1 rings (SSSR count). The molecule has 0 amide bonds. The van der Waals surface area contributed by atoms with Crippen molar-refractivity contribution < 1.29 is 13.9 Å². The Morgan fingerprint density at radius 3 is 2.29 bits per heavy atom. The van der Waals surface area contributed by atoms with Crippen LogP contribution in [0.3, 0.4) is 0 Å². The van der Waals surface area contributed by atoms with E-state index in [9.17, 15) is 4.39 Å². The molecular weight excluding hydrogens is 185 g/mol. The lowest BCUT2D eigenvalue weighted by Crippen LogP contribution is -2.01. The molecule has 0 aliphatic rings. The van der Waals surface area contributed by atoms with E-state index in [1.54, 1.807) is 6.07 Å². The first kappa shape index (κ1) is 10.6. The minimum Gasteiger partial charge on any atom is -0.493 e. The molecule has 14 heavy (non-hydrogen) atoms. The van der Waals surface area contributed by atoms with Gasteiger partial charge in [-0.3, -0.25) is 0 Å². The van der Waals surface area contributed by atoms with Gasteiger partial charge in [0.25, 0.3) is 0 Å². The maximum absolute atomic E-state index is 13.7.